The fourth-order valence-corrected chi connectivity index (χ4v) is 3.19. The van der Waals surface area contributed by atoms with Gasteiger partial charge in [-0.15, -0.1) is 0 Å². The van der Waals surface area contributed by atoms with Crippen molar-refractivity contribution in [3.8, 4) is 5.69 Å². The molecule has 3 aromatic carbocycles. The molecule has 0 aliphatic heterocycles. The Labute approximate surface area is 182 Å². The number of esters is 1. The third-order valence-electron chi connectivity index (χ3n) is 4.73. The van der Waals surface area contributed by atoms with Gasteiger partial charge in [0.05, 0.1) is 18.0 Å². The Morgan fingerprint density at radius 3 is 2.44 bits per heavy atom. The van der Waals surface area contributed by atoms with E-state index in [1.165, 1.54) is 24.3 Å². The first kappa shape index (κ1) is 20.9. The van der Waals surface area contributed by atoms with E-state index in [0.29, 0.717) is 5.56 Å². The summed E-state index contributed by atoms with van der Waals surface area (Å²) in [7, 11) is 0. The molecule has 1 aromatic heterocycles. The summed E-state index contributed by atoms with van der Waals surface area (Å²) in [5.41, 5.74) is -0.330. The minimum atomic E-state index is -0.808. The van der Waals surface area contributed by atoms with Crippen molar-refractivity contribution >= 4 is 28.3 Å². The van der Waals surface area contributed by atoms with Gasteiger partial charge in [0.15, 0.2) is 5.69 Å². The van der Waals surface area contributed by atoms with Gasteiger partial charge in [-0.1, -0.05) is 30.3 Å². The van der Waals surface area contributed by atoms with E-state index >= 15 is 0 Å². The number of ether oxygens (including phenoxy) is 1. The summed E-state index contributed by atoms with van der Waals surface area (Å²) in [4.78, 5) is 38.0. The number of anilines is 1. The van der Waals surface area contributed by atoms with Crippen LogP contribution in [0.2, 0.25) is 0 Å². The Balaban J connectivity index is 1.73. The number of hydrogen-bond acceptors (Lipinski definition) is 5. The number of carbonyl (C=O) groups excluding carboxylic acids is 2. The SMILES string of the molecule is CCOC(=O)c1nn(-c2ccc(F)cc2)c(=O)cc1NC(=O)c1ccc2ccccc2c1. The van der Waals surface area contributed by atoms with Crippen molar-refractivity contribution < 1.29 is 18.7 Å². The van der Waals surface area contributed by atoms with Crippen molar-refractivity contribution in [2.75, 3.05) is 11.9 Å². The van der Waals surface area contributed by atoms with Crippen LogP contribution in [0.1, 0.15) is 27.8 Å². The molecule has 0 unspecified atom stereocenters. The van der Waals surface area contributed by atoms with Crippen molar-refractivity contribution in [2.24, 2.45) is 0 Å². The largest absolute Gasteiger partial charge is 0.461 e. The van der Waals surface area contributed by atoms with Gasteiger partial charge in [-0.3, -0.25) is 9.59 Å². The Morgan fingerprint density at radius 2 is 1.72 bits per heavy atom. The van der Waals surface area contributed by atoms with Gasteiger partial charge in [-0.25, -0.2) is 9.18 Å². The number of carbonyl (C=O) groups is 2. The van der Waals surface area contributed by atoms with Gasteiger partial charge in [0.25, 0.3) is 11.5 Å². The average Bonchev–Trinajstić information content (AvgIpc) is 2.79. The van der Waals surface area contributed by atoms with Crippen LogP contribution >= 0.6 is 0 Å². The molecule has 4 rings (SSSR count). The van der Waals surface area contributed by atoms with Crippen LogP contribution in [0.15, 0.2) is 77.6 Å². The lowest BCUT2D eigenvalue weighted by atomic mass is 10.1. The highest BCUT2D eigenvalue weighted by Gasteiger charge is 2.20. The molecule has 0 aliphatic carbocycles. The van der Waals surface area contributed by atoms with Crippen molar-refractivity contribution in [3.63, 3.8) is 0 Å². The third-order valence-corrected chi connectivity index (χ3v) is 4.73. The number of fused-ring (bicyclic) bond motifs is 1. The molecule has 0 saturated carbocycles. The molecule has 0 atom stereocenters. The Kier molecular flexibility index (Phi) is 5.76. The van der Waals surface area contributed by atoms with E-state index in [2.05, 4.69) is 10.4 Å². The molecule has 1 heterocycles. The molecule has 160 valence electrons. The number of hydrogen-bond donors (Lipinski definition) is 1. The molecule has 1 amide bonds. The van der Waals surface area contributed by atoms with E-state index in [9.17, 15) is 18.8 Å². The minimum Gasteiger partial charge on any atom is -0.461 e. The average molecular weight is 431 g/mol. The molecule has 0 fully saturated rings. The van der Waals surface area contributed by atoms with Crippen molar-refractivity contribution in [3.05, 3.63) is 100 Å². The van der Waals surface area contributed by atoms with Crippen LogP contribution in [0, 0.1) is 5.82 Å². The van der Waals surface area contributed by atoms with Gasteiger partial charge in [0, 0.05) is 11.6 Å². The number of benzene rings is 3. The third kappa shape index (κ3) is 4.24. The second-order valence-electron chi connectivity index (χ2n) is 6.87. The van der Waals surface area contributed by atoms with Gasteiger partial charge in [-0.2, -0.15) is 9.78 Å². The predicted molar refractivity (Wildman–Crippen MR) is 118 cm³/mol. The minimum absolute atomic E-state index is 0.0776. The van der Waals surface area contributed by atoms with Crippen molar-refractivity contribution in [1.29, 1.82) is 0 Å². The molecule has 4 aromatic rings. The van der Waals surface area contributed by atoms with Crippen LogP contribution in [0.5, 0.6) is 0 Å². The number of nitrogens with one attached hydrogen (secondary N) is 1. The summed E-state index contributed by atoms with van der Waals surface area (Å²) in [5, 5.41) is 8.51. The lowest BCUT2D eigenvalue weighted by Crippen LogP contribution is -2.27. The van der Waals surface area contributed by atoms with Gasteiger partial charge in [0.2, 0.25) is 0 Å². The second-order valence-corrected chi connectivity index (χ2v) is 6.87. The van der Waals surface area contributed by atoms with E-state index in [1.807, 2.05) is 24.3 Å². The Hall–Kier alpha value is -4.33. The first-order valence-electron chi connectivity index (χ1n) is 9.84. The van der Waals surface area contributed by atoms with E-state index in [1.54, 1.807) is 25.1 Å². The standard InChI is InChI=1S/C24H18FN3O4/c1-2-32-24(31)22-20(14-21(29)28(27-22)19-11-9-18(25)10-12-19)26-23(30)17-8-7-15-5-3-4-6-16(15)13-17/h3-14H,2H2,1H3,(H,26,30). The molecule has 0 aliphatic rings. The monoisotopic (exact) mass is 431 g/mol. The number of amides is 1. The quantitative estimate of drug-likeness (QED) is 0.483. The highest BCUT2D eigenvalue weighted by Crippen LogP contribution is 2.19. The summed E-state index contributed by atoms with van der Waals surface area (Å²) in [6.45, 7) is 1.70. The first-order valence-corrected chi connectivity index (χ1v) is 9.84. The molecule has 1 N–H and O–H groups in total. The van der Waals surface area contributed by atoms with Crippen LogP contribution in [-0.2, 0) is 4.74 Å². The van der Waals surface area contributed by atoms with E-state index < -0.39 is 23.3 Å². The normalized spacial score (nSPS) is 10.7. The van der Waals surface area contributed by atoms with E-state index in [-0.39, 0.29) is 23.7 Å². The zero-order valence-corrected chi connectivity index (χ0v) is 17.0. The van der Waals surface area contributed by atoms with Gasteiger partial charge in [-0.05, 0) is 54.1 Å². The van der Waals surface area contributed by atoms with Crippen LogP contribution in [0.25, 0.3) is 16.5 Å². The van der Waals surface area contributed by atoms with Crippen molar-refractivity contribution in [1.82, 2.24) is 9.78 Å². The molecule has 8 heteroatoms. The van der Waals surface area contributed by atoms with E-state index in [4.69, 9.17) is 4.74 Å². The summed E-state index contributed by atoms with van der Waals surface area (Å²) in [6.07, 6.45) is 0. The highest BCUT2D eigenvalue weighted by molar-refractivity contribution is 6.08. The van der Waals surface area contributed by atoms with Crippen LogP contribution in [-0.4, -0.2) is 28.3 Å². The lowest BCUT2D eigenvalue weighted by molar-refractivity contribution is 0.0518. The Bertz CT molecular complexity index is 1380. The topological polar surface area (TPSA) is 90.3 Å². The number of rotatable bonds is 5. The predicted octanol–water partition coefficient (Wildman–Crippen LogP) is 3.95. The van der Waals surface area contributed by atoms with Gasteiger partial charge in [0.1, 0.15) is 5.82 Å². The van der Waals surface area contributed by atoms with Gasteiger partial charge >= 0.3 is 5.97 Å². The summed E-state index contributed by atoms with van der Waals surface area (Å²) in [5.74, 6) is -1.80. The van der Waals surface area contributed by atoms with Crippen LogP contribution in [0.3, 0.4) is 0 Å². The molecule has 7 nitrogen and oxygen atoms in total. The maximum absolute atomic E-state index is 13.2. The zero-order chi connectivity index (χ0) is 22.7. The highest BCUT2D eigenvalue weighted by atomic mass is 19.1. The van der Waals surface area contributed by atoms with E-state index in [0.717, 1.165) is 21.5 Å². The van der Waals surface area contributed by atoms with Crippen LogP contribution in [0.4, 0.5) is 10.1 Å². The molecule has 0 radical (unpaired) electrons. The number of aromatic nitrogens is 2. The lowest BCUT2D eigenvalue weighted by Gasteiger charge is -2.12. The maximum atomic E-state index is 13.2. The van der Waals surface area contributed by atoms with Gasteiger partial charge < -0.3 is 10.1 Å². The molecule has 0 bridgehead atoms. The molecular formula is C24H18FN3O4. The molecule has 0 spiro atoms. The fraction of sp³-hybridized carbons (Fsp3) is 0.0833. The smallest absolute Gasteiger partial charge is 0.360 e. The van der Waals surface area contributed by atoms with Crippen molar-refractivity contribution in [2.45, 2.75) is 6.92 Å². The Morgan fingerprint density at radius 1 is 1.00 bits per heavy atom. The molecular weight excluding hydrogens is 413 g/mol. The summed E-state index contributed by atoms with van der Waals surface area (Å²) >= 11 is 0. The van der Waals surface area contributed by atoms with Crippen LogP contribution < -0.4 is 10.9 Å². The number of halogens is 1. The molecule has 32 heavy (non-hydrogen) atoms. The first-order chi connectivity index (χ1) is 15.5. The zero-order valence-electron chi connectivity index (χ0n) is 17.0. The fourth-order valence-electron chi connectivity index (χ4n) is 3.19. The molecule has 0 saturated heterocycles. The summed E-state index contributed by atoms with van der Waals surface area (Å²) in [6, 6.07) is 18.9. The maximum Gasteiger partial charge on any atom is 0.360 e. The summed E-state index contributed by atoms with van der Waals surface area (Å²) < 4.78 is 19.2. The second kappa shape index (κ2) is 8.81. The number of nitrogens with zero attached hydrogens (tertiary/aromatic N) is 2.